The summed E-state index contributed by atoms with van der Waals surface area (Å²) in [4.78, 5) is 18.7. The van der Waals surface area contributed by atoms with E-state index in [1.165, 1.54) is 13.1 Å². The maximum absolute atomic E-state index is 13.9. The SMILES string of the molecule is CC.CC(C)N1CC(C(=O)N2CCCC(C)(F)C2)C1.CC(C)N1CCNCC1. The number of hydrogen-bond acceptors (Lipinski definition) is 4. The molecule has 1 atom stereocenters. The molecule has 166 valence electrons. The lowest BCUT2D eigenvalue weighted by atomic mass is 9.92. The number of piperidine rings is 1. The van der Waals surface area contributed by atoms with E-state index in [1.807, 2.05) is 13.8 Å². The van der Waals surface area contributed by atoms with E-state index in [-0.39, 0.29) is 18.4 Å². The number of nitrogens with one attached hydrogen (secondary N) is 1. The zero-order chi connectivity index (χ0) is 21.3. The monoisotopic (exact) mass is 400 g/mol. The molecule has 3 rings (SSSR count). The highest BCUT2D eigenvalue weighted by atomic mass is 19.1. The first-order valence-electron chi connectivity index (χ1n) is 11.4. The van der Waals surface area contributed by atoms with Gasteiger partial charge < -0.3 is 10.2 Å². The quantitative estimate of drug-likeness (QED) is 0.790. The molecule has 1 N–H and O–H groups in total. The molecular formula is C22H45FN4O. The van der Waals surface area contributed by atoms with Gasteiger partial charge in [0.25, 0.3) is 0 Å². The van der Waals surface area contributed by atoms with Crippen LogP contribution in [-0.4, -0.2) is 90.7 Å². The van der Waals surface area contributed by atoms with Crippen LogP contribution in [-0.2, 0) is 4.79 Å². The number of piperazine rings is 1. The van der Waals surface area contributed by atoms with Crippen LogP contribution >= 0.6 is 0 Å². The third-order valence-electron chi connectivity index (χ3n) is 5.83. The van der Waals surface area contributed by atoms with Crippen molar-refractivity contribution in [3.05, 3.63) is 0 Å². The van der Waals surface area contributed by atoms with Gasteiger partial charge in [-0.05, 0) is 47.5 Å². The van der Waals surface area contributed by atoms with Crippen LogP contribution in [0.5, 0.6) is 0 Å². The van der Waals surface area contributed by atoms with Gasteiger partial charge in [-0.3, -0.25) is 14.6 Å². The zero-order valence-corrected chi connectivity index (χ0v) is 19.4. The standard InChI is InChI=1S/C13H23FN2O.C7H16N2.C2H6/c1-10(2)16-7-11(8-16)12(17)15-6-4-5-13(3,14)9-15;1-7(2)9-5-3-8-4-6-9;1-2/h10-11H,4-9H2,1-3H3;7-8H,3-6H2,1-2H3;1-2H3. The van der Waals surface area contributed by atoms with Gasteiger partial charge in [-0.2, -0.15) is 0 Å². The summed E-state index contributed by atoms with van der Waals surface area (Å²) in [6, 6.07) is 1.24. The number of carbonyl (C=O) groups excluding carboxylic acids is 1. The molecule has 1 unspecified atom stereocenters. The second-order valence-electron chi connectivity index (χ2n) is 8.90. The summed E-state index contributed by atoms with van der Waals surface area (Å²) in [6.07, 6.45) is 1.37. The molecule has 5 nitrogen and oxygen atoms in total. The van der Waals surface area contributed by atoms with Crippen LogP contribution in [0.15, 0.2) is 0 Å². The van der Waals surface area contributed by atoms with E-state index in [9.17, 15) is 9.18 Å². The van der Waals surface area contributed by atoms with Crippen molar-refractivity contribution in [1.29, 1.82) is 0 Å². The maximum atomic E-state index is 13.9. The number of likely N-dealkylation sites (tertiary alicyclic amines) is 2. The molecule has 0 aromatic heterocycles. The Bertz CT molecular complexity index is 444. The Morgan fingerprint density at radius 1 is 1.00 bits per heavy atom. The molecule has 0 spiro atoms. The first-order chi connectivity index (χ1) is 13.2. The summed E-state index contributed by atoms with van der Waals surface area (Å²) in [5.74, 6) is 0.261. The molecule has 3 saturated heterocycles. The lowest BCUT2D eigenvalue weighted by molar-refractivity contribution is -0.145. The van der Waals surface area contributed by atoms with Gasteiger partial charge in [0.2, 0.25) is 5.91 Å². The predicted octanol–water partition coefficient (Wildman–Crippen LogP) is 3.00. The van der Waals surface area contributed by atoms with Crippen molar-refractivity contribution in [2.45, 2.75) is 79.1 Å². The van der Waals surface area contributed by atoms with E-state index in [0.29, 0.717) is 12.5 Å². The number of halogens is 1. The van der Waals surface area contributed by atoms with Crippen LogP contribution in [0.1, 0.15) is 61.3 Å². The van der Waals surface area contributed by atoms with Crippen molar-refractivity contribution in [3.63, 3.8) is 0 Å². The number of amides is 1. The number of nitrogens with zero attached hydrogens (tertiary/aromatic N) is 3. The molecular weight excluding hydrogens is 355 g/mol. The van der Waals surface area contributed by atoms with E-state index < -0.39 is 5.67 Å². The van der Waals surface area contributed by atoms with Crippen LogP contribution in [0, 0.1) is 5.92 Å². The largest absolute Gasteiger partial charge is 0.339 e. The van der Waals surface area contributed by atoms with Gasteiger partial charge in [-0.1, -0.05) is 13.8 Å². The van der Waals surface area contributed by atoms with Crippen LogP contribution in [0.25, 0.3) is 0 Å². The molecule has 3 aliphatic rings. The maximum Gasteiger partial charge on any atom is 0.228 e. The van der Waals surface area contributed by atoms with Gasteiger partial charge in [-0.15, -0.1) is 0 Å². The summed E-state index contributed by atoms with van der Waals surface area (Å²) in [5.41, 5.74) is -1.19. The van der Waals surface area contributed by atoms with Crippen molar-refractivity contribution < 1.29 is 9.18 Å². The van der Waals surface area contributed by atoms with E-state index >= 15 is 0 Å². The Kier molecular flexibility index (Phi) is 10.9. The van der Waals surface area contributed by atoms with Crippen molar-refractivity contribution in [2.75, 3.05) is 52.4 Å². The molecule has 0 aromatic carbocycles. The highest BCUT2D eigenvalue weighted by Crippen LogP contribution is 2.27. The summed E-state index contributed by atoms with van der Waals surface area (Å²) in [5, 5.41) is 3.33. The third kappa shape index (κ3) is 7.96. The van der Waals surface area contributed by atoms with Crippen LogP contribution < -0.4 is 5.32 Å². The second-order valence-corrected chi connectivity index (χ2v) is 8.90. The molecule has 3 fully saturated rings. The van der Waals surface area contributed by atoms with Gasteiger partial charge >= 0.3 is 0 Å². The topological polar surface area (TPSA) is 38.8 Å². The lowest BCUT2D eigenvalue weighted by Gasteiger charge is -2.44. The molecule has 0 radical (unpaired) electrons. The molecule has 0 saturated carbocycles. The molecule has 6 heteroatoms. The Labute approximate surface area is 173 Å². The second kappa shape index (κ2) is 12.1. The smallest absolute Gasteiger partial charge is 0.228 e. The average Bonchev–Trinajstić information content (AvgIpc) is 2.62. The normalized spacial score (nSPS) is 26.9. The van der Waals surface area contributed by atoms with Gasteiger partial charge in [-0.25, -0.2) is 4.39 Å². The van der Waals surface area contributed by atoms with E-state index in [0.717, 1.165) is 45.2 Å². The molecule has 28 heavy (non-hydrogen) atoms. The van der Waals surface area contributed by atoms with Crippen molar-refractivity contribution in [2.24, 2.45) is 5.92 Å². The Hall–Kier alpha value is -0.720. The Balaban J connectivity index is 0.000000301. The molecule has 3 aliphatic heterocycles. The van der Waals surface area contributed by atoms with E-state index in [4.69, 9.17) is 0 Å². The summed E-state index contributed by atoms with van der Waals surface area (Å²) in [7, 11) is 0. The summed E-state index contributed by atoms with van der Waals surface area (Å²) < 4.78 is 13.9. The zero-order valence-electron chi connectivity index (χ0n) is 19.4. The minimum atomic E-state index is -1.19. The van der Waals surface area contributed by atoms with Crippen LogP contribution in [0.2, 0.25) is 0 Å². The predicted molar refractivity (Wildman–Crippen MR) is 116 cm³/mol. The fourth-order valence-corrected chi connectivity index (χ4v) is 3.93. The molecule has 1 amide bonds. The van der Waals surface area contributed by atoms with Gasteiger partial charge in [0.1, 0.15) is 5.67 Å². The number of rotatable bonds is 3. The summed E-state index contributed by atoms with van der Waals surface area (Å²) >= 11 is 0. The lowest BCUT2D eigenvalue weighted by Crippen LogP contribution is -2.58. The number of carbonyl (C=O) groups is 1. The highest BCUT2D eigenvalue weighted by molar-refractivity contribution is 5.80. The first-order valence-corrected chi connectivity index (χ1v) is 11.4. The Morgan fingerprint density at radius 2 is 1.54 bits per heavy atom. The van der Waals surface area contributed by atoms with Gasteiger partial charge in [0.05, 0.1) is 12.5 Å². The molecule has 0 aliphatic carbocycles. The Morgan fingerprint density at radius 3 is 1.96 bits per heavy atom. The fourth-order valence-electron chi connectivity index (χ4n) is 3.93. The minimum Gasteiger partial charge on any atom is -0.339 e. The molecule has 0 bridgehead atoms. The van der Waals surface area contributed by atoms with Crippen molar-refractivity contribution in [3.8, 4) is 0 Å². The van der Waals surface area contributed by atoms with Gasteiger partial charge in [0, 0.05) is 57.9 Å². The molecule has 3 heterocycles. The average molecular weight is 401 g/mol. The van der Waals surface area contributed by atoms with Crippen molar-refractivity contribution >= 4 is 5.91 Å². The first kappa shape index (κ1) is 25.3. The van der Waals surface area contributed by atoms with Gasteiger partial charge in [0.15, 0.2) is 0 Å². The van der Waals surface area contributed by atoms with Crippen LogP contribution in [0.3, 0.4) is 0 Å². The van der Waals surface area contributed by atoms with E-state index in [1.54, 1.807) is 11.8 Å². The number of alkyl halides is 1. The highest BCUT2D eigenvalue weighted by Gasteiger charge is 2.40. The van der Waals surface area contributed by atoms with Crippen LogP contribution in [0.4, 0.5) is 4.39 Å². The molecule has 0 aromatic rings. The summed E-state index contributed by atoms with van der Waals surface area (Å²) in [6.45, 7) is 21.9. The van der Waals surface area contributed by atoms with E-state index in [2.05, 4.69) is 42.8 Å². The van der Waals surface area contributed by atoms with Crippen molar-refractivity contribution in [1.82, 2.24) is 20.0 Å². The minimum absolute atomic E-state index is 0.103. The third-order valence-corrected chi connectivity index (χ3v) is 5.83. The fraction of sp³-hybridized carbons (Fsp3) is 0.955. The number of hydrogen-bond donors (Lipinski definition) is 1.